The number of sulfonamides is 1. The van der Waals surface area contributed by atoms with Gasteiger partial charge in [0, 0.05) is 12.1 Å². The predicted molar refractivity (Wildman–Crippen MR) is 158 cm³/mol. The van der Waals surface area contributed by atoms with Crippen LogP contribution in [0.25, 0.3) is 0 Å². The van der Waals surface area contributed by atoms with E-state index in [9.17, 15) is 18.0 Å². The number of carbonyl (C=O) groups is 2. The van der Waals surface area contributed by atoms with E-state index in [0.717, 1.165) is 15.4 Å². The van der Waals surface area contributed by atoms with Gasteiger partial charge in [-0.05, 0) is 71.4 Å². The summed E-state index contributed by atoms with van der Waals surface area (Å²) in [6, 6.07) is 21.5. The standard InChI is InChI=1S/C31H39N3O5S/c1-7-39-28-16-12-11-15-27(28)34(40(37,38)26-13-9-8-10-14-26)22-29(35)33(21-25-19-17-23(2)18-20-25)24(3)30(36)32-31(4,5)6/h8-20,24H,7,21-22H2,1-6H3,(H,32,36). The smallest absolute Gasteiger partial charge is 0.264 e. The molecule has 214 valence electrons. The van der Waals surface area contributed by atoms with E-state index in [4.69, 9.17) is 4.74 Å². The van der Waals surface area contributed by atoms with Gasteiger partial charge in [-0.3, -0.25) is 13.9 Å². The molecule has 0 saturated carbocycles. The van der Waals surface area contributed by atoms with Crippen LogP contribution in [0, 0.1) is 6.92 Å². The van der Waals surface area contributed by atoms with Gasteiger partial charge in [0.05, 0.1) is 17.2 Å². The number of nitrogens with one attached hydrogen (secondary N) is 1. The molecular formula is C31H39N3O5S. The van der Waals surface area contributed by atoms with Crippen LogP contribution in [0.3, 0.4) is 0 Å². The summed E-state index contributed by atoms with van der Waals surface area (Å²) < 4.78 is 34.7. The van der Waals surface area contributed by atoms with Crippen molar-refractivity contribution < 1.29 is 22.7 Å². The Labute approximate surface area is 238 Å². The number of amides is 2. The van der Waals surface area contributed by atoms with Crippen molar-refractivity contribution in [2.75, 3.05) is 17.5 Å². The van der Waals surface area contributed by atoms with Crippen LogP contribution < -0.4 is 14.4 Å². The van der Waals surface area contributed by atoms with Crippen LogP contribution in [0.15, 0.2) is 83.8 Å². The highest BCUT2D eigenvalue weighted by Gasteiger charge is 2.34. The van der Waals surface area contributed by atoms with Crippen molar-refractivity contribution >= 4 is 27.5 Å². The summed E-state index contributed by atoms with van der Waals surface area (Å²) in [5, 5.41) is 2.93. The molecule has 0 bridgehead atoms. The zero-order valence-corrected chi connectivity index (χ0v) is 24.9. The third kappa shape index (κ3) is 7.85. The molecule has 3 aromatic rings. The maximum absolute atomic E-state index is 14.1. The molecule has 0 aliphatic carbocycles. The zero-order valence-electron chi connectivity index (χ0n) is 24.0. The highest BCUT2D eigenvalue weighted by atomic mass is 32.2. The van der Waals surface area contributed by atoms with E-state index in [1.54, 1.807) is 56.3 Å². The first-order valence-corrected chi connectivity index (χ1v) is 14.7. The molecule has 0 aromatic heterocycles. The molecule has 3 aromatic carbocycles. The normalized spacial score (nSPS) is 12.3. The van der Waals surface area contributed by atoms with Gasteiger partial charge in [0.1, 0.15) is 18.3 Å². The number of hydrogen-bond acceptors (Lipinski definition) is 5. The Bertz CT molecular complexity index is 1400. The summed E-state index contributed by atoms with van der Waals surface area (Å²) >= 11 is 0. The van der Waals surface area contributed by atoms with Gasteiger partial charge in [-0.2, -0.15) is 0 Å². The lowest BCUT2D eigenvalue weighted by molar-refractivity contribution is -0.140. The molecule has 40 heavy (non-hydrogen) atoms. The number of nitrogens with zero attached hydrogens (tertiary/aromatic N) is 2. The van der Waals surface area contributed by atoms with Gasteiger partial charge < -0.3 is 15.0 Å². The Balaban J connectivity index is 2.07. The maximum atomic E-state index is 14.1. The van der Waals surface area contributed by atoms with E-state index in [2.05, 4.69) is 5.32 Å². The van der Waals surface area contributed by atoms with Gasteiger partial charge in [0.2, 0.25) is 11.8 Å². The van der Waals surface area contributed by atoms with E-state index in [1.165, 1.54) is 17.0 Å². The number of carbonyl (C=O) groups excluding carboxylic acids is 2. The van der Waals surface area contributed by atoms with Crippen LogP contribution in [-0.4, -0.2) is 49.9 Å². The number of benzene rings is 3. The van der Waals surface area contributed by atoms with E-state index in [0.29, 0.717) is 12.4 Å². The van der Waals surface area contributed by atoms with Crippen molar-refractivity contribution in [3.05, 3.63) is 90.0 Å². The van der Waals surface area contributed by atoms with E-state index >= 15 is 0 Å². The Morgan fingerprint density at radius 1 is 0.925 bits per heavy atom. The largest absolute Gasteiger partial charge is 0.492 e. The first kappa shape index (κ1) is 30.7. The Morgan fingerprint density at radius 3 is 2.12 bits per heavy atom. The molecule has 0 fully saturated rings. The van der Waals surface area contributed by atoms with Crippen molar-refractivity contribution in [2.45, 2.75) is 64.6 Å². The quantitative estimate of drug-likeness (QED) is 0.356. The second-order valence-electron chi connectivity index (χ2n) is 10.6. The van der Waals surface area contributed by atoms with Crippen LogP contribution in [0.4, 0.5) is 5.69 Å². The third-order valence-electron chi connectivity index (χ3n) is 6.18. The van der Waals surface area contributed by atoms with E-state index in [1.807, 2.05) is 52.0 Å². The number of ether oxygens (including phenoxy) is 1. The molecular weight excluding hydrogens is 526 g/mol. The Morgan fingerprint density at radius 2 is 1.52 bits per heavy atom. The average Bonchev–Trinajstić information content (AvgIpc) is 2.91. The summed E-state index contributed by atoms with van der Waals surface area (Å²) in [5.74, 6) is -0.524. The zero-order chi connectivity index (χ0) is 29.5. The Kier molecular flexibility index (Phi) is 9.98. The van der Waals surface area contributed by atoms with Crippen molar-refractivity contribution in [3.8, 4) is 5.75 Å². The third-order valence-corrected chi connectivity index (χ3v) is 7.96. The molecule has 0 radical (unpaired) electrons. The first-order chi connectivity index (χ1) is 18.8. The number of rotatable bonds is 11. The molecule has 0 heterocycles. The van der Waals surface area contributed by atoms with Crippen LogP contribution in [0.2, 0.25) is 0 Å². The average molecular weight is 566 g/mol. The molecule has 9 heteroatoms. The molecule has 1 unspecified atom stereocenters. The second-order valence-corrected chi connectivity index (χ2v) is 12.5. The predicted octanol–water partition coefficient (Wildman–Crippen LogP) is 4.92. The van der Waals surface area contributed by atoms with Crippen molar-refractivity contribution in [1.82, 2.24) is 10.2 Å². The Hall–Kier alpha value is -3.85. The molecule has 3 rings (SSSR count). The summed E-state index contributed by atoms with van der Waals surface area (Å²) in [5.41, 5.74) is 1.61. The van der Waals surface area contributed by atoms with Gasteiger partial charge in [0.25, 0.3) is 10.0 Å². The molecule has 1 atom stereocenters. The van der Waals surface area contributed by atoms with Crippen molar-refractivity contribution in [3.63, 3.8) is 0 Å². The SMILES string of the molecule is CCOc1ccccc1N(CC(=O)N(Cc1ccc(C)cc1)C(C)C(=O)NC(C)(C)C)S(=O)(=O)c1ccccc1. The van der Waals surface area contributed by atoms with E-state index in [-0.39, 0.29) is 23.0 Å². The van der Waals surface area contributed by atoms with Crippen molar-refractivity contribution in [1.29, 1.82) is 0 Å². The minimum Gasteiger partial charge on any atom is -0.492 e. The summed E-state index contributed by atoms with van der Waals surface area (Å²) in [6.07, 6.45) is 0. The fourth-order valence-electron chi connectivity index (χ4n) is 4.12. The highest BCUT2D eigenvalue weighted by Crippen LogP contribution is 2.33. The summed E-state index contributed by atoms with van der Waals surface area (Å²) in [7, 11) is -4.17. The fraction of sp³-hybridized carbons (Fsp3) is 0.355. The summed E-state index contributed by atoms with van der Waals surface area (Å²) in [6.45, 7) is 10.9. The maximum Gasteiger partial charge on any atom is 0.264 e. The molecule has 0 spiro atoms. The van der Waals surface area contributed by atoms with Crippen LogP contribution >= 0.6 is 0 Å². The first-order valence-electron chi connectivity index (χ1n) is 13.3. The summed E-state index contributed by atoms with van der Waals surface area (Å²) in [4.78, 5) is 28.7. The van der Waals surface area contributed by atoms with Gasteiger partial charge in [0.15, 0.2) is 0 Å². The van der Waals surface area contributed by atoms with Crippen LogP contribution in [0.5, 0.6) is 5.75 Å². The van der Waals surface area contributed by atoms with Gasteiger partial charge in [-0.25, -0.2) is 8.42 Å². The molecule has 8 nitrogen and oxygen atoms in total. The van der Waals surface area contributed by atoms with E-state index < -0.39 is 34.1 Å². The second kappa shape index (κ2) is 13.0. The van der Waals surface area contributed by atoms with Crippen molar-refractivity contribution in [2.24, 2.45) is 0 Å². The highest BCUT2D eigenvalue weighted by molar-refractivity contribution is 7.92. The number of para-hydroxylation sites is 2. The molecule has 0 aliphatic heterocycles. The fourth-order valence-corrected chi connectivity index (χ4v) is 5.57. The topological polar surface area (TPSA) is 96.0 Å². The van der Waals surface area contributed by atoms with Gasteiger partial charge in [-0.1, -0.05) is 60.2 Å². The molecule has 2 amide bonds. The monoisotopic (exact) mass is 565 g/mol. The lowest BCUT2D eigenvalue weighted by Crippen LogP contribution is -2.54. The van der Waals surface area contributed by atoms with Crippen LogP contribution in [-0.2, 0) is 26.2 Å². The van der Waals surface area contributed by atoms with Gasteiger partial charge in [-0.15, -0.1) is 0 Å². The van der Waals surface area contributed by atoms with Gasteiger partial charge >= 0.3 is 0 Å². The lowest BCUT2D eigenvalue weighted by Gasteiger charge is -2.33. The minimum absolute atomic E-state index is 0.0395. The minimum atomic E-state index is -4.17. The van der Waals surface area contributed by atoms with Crippen LogP contribution in [0.1, 0.15) is 45.7 Å². The molecule has 1 N–H and O–H groups in total. The lowest BCUT2D eigenvalue weighted by atomic mass is 10.1. The molecule has 0 saturated heterocycles. The number of anilines is 1. The number of hydrogen-bond donors (Lipinski definition) is 1. The molecule has 0 aliphatic rings. The number of aryl methyl sites for hydroxylation is 1.